The van der Waals surface area contributed by atoms with Crippen LogP contribution in [0.5, 0.6) is 0 Å². The first kappa shape index (κ1) is 16.9. The fourth-order valence-corrected chi connectivity index (χ4v) is 2.68. The van der Waals surface area contributed by atoms with Crippen molar-refractivity contribution in [2.75, 3.05) is 0 Å². The van der Waals surface area contributed by atoms with Gasteiger partial charge < -0.3 is 16.0 Å². The summed E-state index contributed by atoms with van der Waals surface area (Å²) >= 11 is 0. The second-order valence-electron chi connectivity index (χ2n) is 5.88. The molecule has 2 aromatic carbocycles. The summed E-state index contributed by atoms with van der Waals surface area (Å²) in [5, 5.41) is 3.04. The molecule has 25 heavy (non-hydrogen) atoms. The number of rotatable bonds is 6. The van der Waals surface area contributed by atoms with Crippen molar-refractivity contribution in [2.24, 2.45) is 5.73 Å². The molecule has 0 aliphatic heterocycles. The summed E-state index contributed by atoms with van der Waals surface area (Å²) in [6, 6.07) is 17.2. The molecule has 0 saturated carbocycles. The number of hydrogen-bond acceptors (Lipinski definition) is 3. The van der Waals surface area contributed by atoms with Crippen LogP contribution >= 0.6 is 0 Å². The van der Waals surface area contributed by atoms with Gasteiger partial charge in [-0.25, -0.2) is 4.98 Å². The monoisotopic (exact) mass is 334 g/mol. The van der Waals surface area contributed by atoms with Crippen LogP contribution < -0.4 is 11.1 Å². The van der Waals surface area contributed by atoms with Crippen LogP contribution in [0.1, 0.15) is 41.1 Å². The molecule has 1 atom stereocenters. The molecule has 0 saturated heterocycles. The summed E-state index contributed by atoms with van der Waals surface area (Å²) in [6.45, 7) is 2.49. The Morgan fingerprint density at radius 1 is 1.16 bits per heavy atom. The van der Waals surface area contributed by atoms with E-state index in [2.05, 4.69) is 15.3 Å². The molecule has 0 fully saturated rings. The molecule has 128 valence electrons. The lowest BCUT2D eigenvalue weighted by atomic mass is 10.1. The van der Waals surface area contributed by atoms with Gasteiger partial charge in [-0.05, 0) is 29.7 Å². The Morgan fingerprint density at radius 3 is 2.52 bits per heavy atom. The Kier molecular flexibility index (Phi) is 5.26. The van der Waals surface area contributed by atoms with Gasteiger partial charge in [-0.1, -0.05) is 49.4 Å². The van der Waals surface area contributed by atoms with E-state index in [1.54, 1.807) is 18.3 Å². The number of H-pyrrole nitrogens is 1. The maximum atomic E-state index is 12.5. The van der Waals surface area contributed by atoms with Crippen LogP contribution in [0.3, 0.4) is 0 Å². The lowest BCUT2D eigenvalue weighted by molar-refractivity contribution is 0.0934. The first-order chi connectivity index (χ1) is 12.2. The molecule has 3 aromatic rings. The molecule has 0 aliphatic carbocycles. The second-order valence-corrected chi connectivity index (χ2v) is 5.88. The van der Waals surface area contributed by atoms with Gasteiger partial charge in [0.15, 0.2) is 0 Å². The fourth-order valence-electron chi connectivity index (χ4n) is 2.68. The van der Waals surface area contributed by atoms with E-state index < -0.39 is 0 Å². The Balaban J connectivity index is 1.74. The van der Waals surface area contributed by atoms with Crippen LogP contribution in [-0.4, -0.2) is 15.9 Å². The summed E-state index contributed by atoms with van der Waals surface area (Å²) in [5.74, 6) is 0.640. The number of nitrogens with one attached hydrogen (secondary N) is 2. The van der Waals surface area contributed by atoms with Gasteiger partial charge in [-0.3, -0.25) is 4.79 Å². The number of benzene rings is 2. The van der Waals surface area contributed by atoms with Gasteiger partial charge in [0.1, 0.15) is 5.82 Å². The van der Waals surface area contributed by atoms with Crippen LogP contribution in [0.2, 0.25) is 0 Å². The van der Waals surface area contributed by atoms with Crippen molar-refractivity contribution < 1.29 is 4.79 Å². The molecule has 1 heterocycles. The summed E-state index contributed by atoms with van der Waals surface area (Å²) < 4.78 is 0. The van der Waals surface area contributed by atoms with Crippen molar-refractivity contribution >= 4 is 5.91 Å². The van der Waals surface area contributed by atoms with Gasteiger partial charge in [0.25, 0.3) is 5.91 Å². The molecule has 5 nitrogen and oxygen atoms in total. The minimum atomic E-state index is -0.167. The zero-order valence-corrected chi connectivity index (χ0v) is 14.2. The van der Waals surface area contributed by atoms with Gasteiger partial charge in [-0.15, -0.1) is 0 Å². The summed E-state index contributed by atoms with van der Waals surface area (Å²) in [7, 11) is 0. The smallest absolute Gasteiger partial charge is 0.251 e. The molecular formula is C20H22N4O. The van der Waals surface area contributed by atoms with Gasteiger partial charge in [0.2, 0.25) is 0 Å². The molecule has 1 unspecified atom stereocenters. The molecule has 3 rings (SSSR count). The largest absolute Gasteiger partial charge is 0.342 e. The summed E-state index contributed by atoms with van der Waals surface area (Å²) in [4.78, 5) is 20.2. The van der Waals surface area contributed by atoms with Crippen LogP contribution in [0.25, 0.3) is 11.3 Å². The first-order valence-electron chi connectivity index (χ1n) is 8.41. The number of imidazole rings is 1. The normalized spacial score (nSPS) is 11.9. The van der Waals surface area contributed by atoms with E-state index >= 15 is 0 Å². The standard InChI is InChI=1S/C20H22N4O/c1-2-17(24-20(25)16-10-8-14(12-21)9-11-16)19-22-13-18(23-19)15-6-4-3-5-7-15/h3-11,13,17H,2,12,21H2,1H3,(H,22,23)(H,24,25). The molecular weight excluding hydrogens is 312 g/mol. The summed E-state index contributed by atoms with van der Waals surface area (Å²) in [6.07, 6.45) is 2.55. The molecule has 1 amide bonds. The van der Waals surface area contributed by atoms with E-state index in [-0.39, 0.29) is 11.9 Å². The Hall–Kier alpha value is -2.92. The Bertz CT molecular complexity index is 824. The zero-order chi connectivity index (χ0) is 17.6. The lowest BCUT2D eigenvalue weighted by Crippen LogP contribution is -2.28. The second kappa shape index (κ2) is 7.77. The number of amides is 1. The number of hydrogen-bond donors (Lipinski definition) is 3. The van der Waals surface area contributed by atoms with Crippen LogP contribution in [0.15, 0.2) is 60.8 Å². The average molecular weight is 334 g/mol. The first-order valence-corrected chi connectivity index (χ1v) is 8.41. The van der Waals surface area contributed by atoms with Crippen LogP contribution in [0, 0.1) is 0 Å². The number of nitrogens with two attached hydrogens (primary N) is 1. The molecule has 0 aliphatic rings. The predicted molar refractivity (Wildman–Crippen MR) is 98.9 cm³/mol. The predicted octanol–water partition coefficient (Wildman–Crippen LogP) is 3.42. The minimum absolute atomic E-state index is 0.118. The maximum Gasteiger partial charge on any atom is 0.251 e. The molecule has 0 spiro atoms. The fraction of sp³-hybridized carbons (Fsp3) is 0.200. The van der Waals surface area contributed by atoms with Crippen molar-refractivity contribution in [1.82, 2.24) is 15.3 Å². The van der Waals surface area contributed by atoms with Crippen molar-refractivity contribution in [3.05, 3.63) is 77.7 Å². The third-order valence-electron chi connectivity index (χ3n) is 4.18. The topological polar surface area (TPSA) is 83.8 Å². The van der Waals surface area contributed by atoms with Gasteiger partial charge in [0.05, 0.1) is 17.9 Å². The highest BCUT2D eigenvalue weighted by Crippen LogP contribution is 2.20. The maximum absolute atomic E-state index is 12.5. The van der Waals surface area contributed by atoms with Crippen molar-refractivity contribution in [2.45, 2.75) is 25.9 Å². The SMILES string of the molecule is CCC(NC(=O)c1ccc(CN)cc1)c1ncc(-c2ccccc2)[nH]1. The van der Waals surface area contributed by atoms with Crippen molar-refractivity contribution in [1.29, 1.82) is 0 Å². The Labute approximate surface area is 147 Å². The number of aromatic amines is 1. The van der Waals surface area contributed by atoms with Crippen LogP contribution in [-0.2, 0) is 6.54 Å². The Morgan fingerprint density at radius 2 is 1.88 bits per heavy atom. The number of nitrogens with zero attached hydrogens (tertiary/aromatic N) is 1. The van der Waals surface area contributed by atoms with E-state index in [0.717, 1.165) is 29.1 Å². The summed E-state index contributed by atoms with van der Waals surface area (Å²) in [5.41, 5.74) is 9.22. The molecule has 4 N–H and O–H groups in total. The van der Waals surface area contributed by atoms with Gasteiger partial charge in [0, 0.05) is 12.1 Å². The average Bonchev–Trinajstić information content (AvgIpc) is 3.16. The highest BCUT2D eigenvalue weighted by Gasteiger charge is 2.17. The van der Waals surface area contributed by atoms with Gasteiger partial charge in [-0.2, -0.15) is 0 Å². The van der Waals surface area contributed by atoms with Crippen molar-refractivity contribution in [3.63, 3.8) is 0 Å². The highest BCUT2D eigenvalue weighted by molar-refractivity contribution is 5.94. The third-order valence-corrected chi connectivity index (χ3v) is 4.18. The quantitative estimate of drug-likeness (QED) is 0.646. The van der Waals surface area contributed by atoms with E-state index in [1.165, 1.54) is 0 Å². The molecule has 5 heteroatoms. The zero-order valence-electron chi connectivity index (χ0n) is 14.2. The minimum Gasteiger partial charge on any atom is -0.342 e. The van der Waals surface area contributed by atoms with E-state index in [9.17, 15) is 4.79 Å². The van der Waals surface area contributed by atoms with Crippen molar-refractivity contribution in [3.8, 4) is 11.3 Å². The number of aromatic nitrogens is 2. The third kappa shape index (κ3) is 3.95. The molecule has 1 aromatic heterocycles. The van der Waals surface area contributed by atoms with Gasteiger partial charge >= 0.3 is 0 Å². The molecule has 0 radical (unpaired) electrons. The number of carbonyl (C=O) groups is 1. The van der Waals surface area contributed by atoms with E-state index in [4.69, 9.17) is 5.73 Å². The van der Waals surface area contributed by atoms with Crippen LogP contribution in [0.4, 0.5) is 0 Å². The van der Waals surface area contributed by atoms with E-state index in [0.29, 0.717) is 12.1 Å². The van der Waals surface area contributed by atoms with E-state index in [1.807, 2.05) is 49.4 Å². The number of carbonyl (C=O) groups excluding carboxylic acids is 1. The highest BCUT2D eigenvalue weighted by atomic mass is 16.1. The molecule has 0 bridgehead atoms. The lowest BCUT2D eigenvalue weighted by Gasteiger charge is -2.15.